The maximum absolute atomic E-state index is 5.53. The first-order chi connectivity index (χ1) is 26.3. The van der Waals surface area contributed by atoms with Gasteiger partial charge in [-0.15, -0.1) is 0 Å². The summed E-state index contributed by atoms with van der Waals surface area (Å²) < 4.78 is 6.89. The third-order valence-electron chi connectivity index (χ3n) is 10.8. The van der Waals surface area contributed by atoms with Crippen molar-refractivity contribution in [1.29, 1.82) is 0 Å². The Morgan fingerprint density at radius 3 is 1.79 bits per heavy atom. The van der Waals surface area contributed by atoms with E-state index in [0.29, 0.717) is 5.95 Å². The zero-order valence-electron chi connectivity index (χ0n) is 28.3. The van der Waals surface area contributed by atoms with E-state index in [1.807, 2.05) is 0 Å². The van der Waals surface area contributed by atoms with E-state index in [-0.39, 0.29) is 0 Å². The van der Waals surface area contributed by atoms with Crippen molar-refractivity contribution in [1.82, 2.24) is 28.5 Å². The molecule has 0 amide bonds. The SMILES string of the molecule is c1ccc(-n2c3ccccc3c3cc(-c4nc(-n5c6ccccc6c6c7ccccc7c7nc8ccccc8n7c65)nc5ccccc45)ccc32)cc1. The standard InChI is InChI=1S/C47H28N6/c1-2-14-30(15-3-1)51-39-23-11-7-16-31(39)36-28-29(26-27-41(36)51)44-34-19-6-9-21-37(34)49-47(50-44)53-40-24-12-8-20-35(40)43-32-17-4-5-18-33(32)45-48-38-22-10-13-25-42(38)52(45)46(43)53/h1-28H. The topological polar surface area (TPSA) is 52.9 Å². The zero-order chi connectivity index (χ0) is 34.6. The molecule has 246 valence electrons. The van der Waals surface area contributed by atoms with E-state index in [1.165, 1.54) is 16.3 Å². The minimum absolute atomic E-state index is 0.617. The second-order valence-corrected chi connectivity index (χ2v) is 13.7. The normalized spacial score (nSPS) is 12.2. The van der Waals surface area contributed by atoms with Crippen molar-refractivity contribution < 1.29 is 0 Å². The Hall–Kier alpha value is -7.31. The number of pyridine rings is 1. The molecule has 0 aliphatic rings. The number of imidazole rings is 1. The minimum atomic E-state index is 0.617. The number of nitrogens with zero attached hydrogens (tertiary/aromatic N) is 6. The molecule has 7 aromatic carbocycles. The Morgan fingerprint density at radius 1 is 0.377 bits per heavy atom. The molecule has 53 heavy (non-hydrogen) atoms. The molecule has 0 atom stereocenters. The van der Waals surface area contributed by atoms with E-state index in [2.05, 4.69) is 183 Å². The van der Waals surface area contributed by atoms with Gasteiger partial charge >= 0.3 is 0 Å². The summed E-state index contributed by atoms with van der Waals surface area (Å²) >= 11 is 0. The van der Waals surface area contributed by atoms with Crippen LogP contribution in [0.5, 0.6) is 0 Å². The smallest absolute Gasteiger partial charge is 0.236 e. The van der Waals surface area contributed by atoms with Crippen LogP contribution in [0.1, 0.15) is 0 Å². The molecule has 0 radical (unpaired) electrons. The first-order valence-electron chi connectivity index (χ1n) is 17.9. The predicted molar refractivity (Wildman–Crippen MR) is 217 cm³/mol. The fourth-order valence-corrected chi connectivity index (χ4v) is 8.58. The average molecular weight is 677 g/mol. The van der Waals surface area contributed by atoms with Gasteiger partial charge in [0, 0.05) is 43.6 Å². The van der Waals surface area contributed by atoms with E-state index in [1.54, 1.807) is 0 Å². The lowest BCUT2D eigenvalue weighted by Gasteiger charge is -2.13. The molecule has 12 aromatic rings. The Balaban J connectivity index is 1.21. The highest BCUT2D eigenvalue weighted by molar-refractivity contribution is 6.24. The highest BCUT2D eigenvalue weighted by Gasteiger charge is 2.24. The highest BCUT2D eigenvalue weighted by Crippen LogP contribution is 2.41. The second kappa shape index (κ2) is 10.6. The van der Waals surface area contributed by atoms with Crippen LogP contribution in [0, 0.1) is 0 Å². The summed E-state index contributed by atoms with van der Waals surface area (Å²) in [5.74, 6) is 0.617. The van der Waals surface area contributed by atoms with Crippen LogP contribution in [0.4, 0.5) is 0 Å². The summed E-state index contributed by atoms with van der Waals surface area (Å²) in [5, 5.41) is 7.96. The number of hydrogen-bond donors (Lipinski definition) is 0. The van der Waals surface area contributed by atoms with Gasteiger partial charge in [-0.25, -0.2) is 15.0 Å². The van der Waals surface area contributed by atoms with Gasteiger partial charge in [-0.05, 0) is 60.0 Å². The molecular weight excluding hydrogens is 649 g/mol. The van der Waals surface area contributed by atoms with Gasteiger partial charge in [-0.1, -0.05) is 115 Å². The molecule has 0 saturated carbocycles. The molecule has 6 heteroatoms. The van der Waals surface area contributed by atoms with Crippen LogP contribution >= 0.6 is 0 Å². The monoisotopic (exact) mass is 676 g/mol. The Labute approximate surface area is 302 Å². The van der Waals surface area contributed by atoms with Crippen LogP contribution in [-0.4, -0.2) is 28.5 Å². The van der Waals surface area contributed by atoms with Crippen molar-refractivity contribution in [2.75, 3.05) is 0 Å². The van der Waals surface area contributed by atoms with Gasteiger partial charge in [0.15, 0.2) is 0 Å². The summed E-state index contributed by atoms with van der Waals surface area (Å²) in [7, 11) is 0. The van der Waals surface area contributed by atoms with Crippen LogP contribution in [0.3, 0.4) is 0 Å². The zero-order valence-corrected chi connectivity index (χ0v) is 28.3. The molecule has 0 bridgehead atoms. The van der Waals surface area contributed by atoms with Crippen molar-refractivity contribution >= 4 is 82.1 Å². The summed E-state index contributed by atoms with van der Waals surface area (Å²) in [6.07, 6.45) is 0. The van der Waals surface area contributed by atoms with E-state index in [4.69, 9.17) is 15.0 Å². The van der Waals surface area contributed by atoms with Gasteiger partial charge in [0.25, 0.3) is 0 Å². The number of para-hydroxylation sites is 6. The van der Waals surface area contributed by atoms with Crippen LogP contribution in [0.2, 0.25) is 0 Å². The molecule has 0 unspecified atom stereocenters. The highest BCUT2D eigenvalue weighted by atomic mass is 15.2. The quantitative estimate of drug-likeness (QED) is 0.187. The average Bonchev–Trinajstić information content (AvgIpc) is 3.89. The number of aromatic nitrogens is 6. The third-order valence-corrected chi connectivity index (χ3v) is 10.8. The van der Waals surface area contributed by atoms with Crippen molar-refractivity contribution in [3.05, 3.63) is 170 Å². The Kier molecular flexibility index (Phi) is 5.68. The lowest BCUT2D eigenvalue weighted by Crippen LogP contribution is -2.06. The van der Waals surface area contributed by atoms with Crippen molar-refractivity contribution in [3.63, 3.8) is 0 Å². The van der Waals surface area contributed by atoms with Crippen LogP contribution in [-0.2, 0) is 0 Å². The first kappa shape index (κ1) is 28.4. The van der Waals surface area contributed by atoms with Gasteiger partial charge in [0.05, 0.1) is 38.8 Å². The van der Waals surface area contributed by atoms with Gasteiger partial charge in [-0.3, -0.25) is 8.97 Å². The van der Waals surface area contributed by atoms with Gasteiger partial charge in [0.2, 0.25) is 5.95 Å². The van der Waals surface area contributed by atoms with E-state index >= 15 is 0 Å². The van der Waals surface area contributed by atoms with Crippen LogP contribution in [0.25, 0.3) is 105 Å². The first-order valence-corrected chi connectivity index (χ1v) is 17.9. The van der Waals surface area contributed by atoms with E-state index in [0.717, 1.165) is 82.8 Å². The lowest BCUT2D eigenvalue weighted by molar-refractivity contribution is 0.991. The van der Waals surface area contributed by atoms with Gasteiger partial charge < -0.3 is 4.57 Å². The molecule has 5 heterocycles. The third kappa shape index (κ3) is 3.89. The minimum Gasteiger partial charge on any atom is -0.309 e. The van der Waals surface area contributed by atoms with Crippen molar-refractivity contribution in [3.8, 4) is 22.9 Å². The molecule has 0 fully saturated rings. The fraction of sp³-hybridized carbons (Fsp3) is 0. The summed E-state index contributed by atoms with van der Waals surface area (Å²) in [6, 6.07) is 59.9. The largest absolute Gasteiger partial charge is 0.309 e. The molecule has 12 rings (SSSR count). The second-order valence-electron chi connectivity index (χ2n) is 13.7. The molecule has 0 aliphatic heterocycles. The Bertz CT molecular complexity index is 3460. The number of rotatable bonds is 3. The maximum atomic E-state index is 5.53. The molecule has 0 spiro atoms. The lowest BCUT2D eigenvalue weighted by atomic mass is 10.0. The number of fused-ring (bicyclic) bond motifs is 14. The molecule has 0 saturated heterocycles. The van der Waals surface area contributed by atoms with Gasteiger partial charge in [0.1, 0.15) is 11.3 Å². The summed E-state index contributed by atoms with van der Waals surface area (Å²) in [5.41, 5.74) is 11.2. The van der Waals surface area contributed by atoms with Crippen LogP contribution in [0.15, 0.2) is 170 Å². The molecular formula is C47H28N6. The van der Waals surface area contributed by atoms with Crippen molar-refractivity contribution in [2.45, 2.75) is 0 Å². The number of hydrogen-bond acceptors (Lipinski definition) is 3. The molecule has 0 N–H and O–H groups in total. The van der Waals surface area contributed by atoms with Gasteiger partial charge in [-0.2, -0.15) is 0 Å². The predicted octanol–water partition coefficient (Wildman–Crippen LogP) is 11.4. The maximum Gasteiger partial charge on any atom is 0.236 e. The van der Waals surface area contributed by atoms with E-state index < -0.39 is 0 Å². The Morgan fingerprint density at radius 2 is 0.981 bits per heavy atom. The summed E-state index contributed by atoms with van der Waals surface area (Å²) in [6.45, 7) is 0. The van der Waals surface area contributed by atoms with Crippen LogP contribution < -0.4 is 0 Å². The van der Waals surface area contributed by atoms with Crippen molar-refractivity contribution in [2.24, 2.45) is 0 Å². The number of benzene rings is 7. The van der Waals surface area contributed by atoms with E-state index in [9.17, 15) is 0 Å². The molecule has 0 aliphatic carbocycles. The fourth-order valence-electron chi connectivity index (χ4n) is 8.58. The molecule has 6 nitrogen and oxygen atoms in total. The summed E-state index contributed by atoms with van der Waals surface area (Å²) in [4.78, 5) is 16.1. The molecule has 5 aromatic heterocycles.